The molecule has 0 atom stereocenters. The molecule has 112 valence electrons. The van der Waals surface area contributed by atoms with Crippen LogP contribution in [-0.2, 0) is 4.79 Å². The molecule has 2 aliphatic rings. The van der Waals surface area contributed by atoms with Gasteiger partial charge in [0.2, 0.25) is 5.91 Å². The Morgan fingerprint density at radius 2 is 1.90 bits per heavy atom. The van der Waals surface area contributed by atoms with Crippen molar-refractivity contribution in [2.75, 3.05) is 18.8 Å². The molecule has 3 rings (SSSR count). The SMILES string of the molecule is Nc1ccc(C(=O)NC2CCN(C(=O)C3CC3)CC2)nc1. The largest absolute Gasteiger partial charge is 0.397 e. The molecule has 0 aromatic carbocycles. The number of pyridine rings is 1. The van der Waals surface area contributed by atoms with Crippen LogP contribution in [-0.4, -0.2) is 40.8 Å². The lowest BCUT2D eigenvalue weighted by Crippen LogP contribution is -2.47. The van der Waals surface area contributed by atoms with Gasteiger partial charge in [0.1, 0.15) is 5.69 Å². The Morgan fingerprint density at radius 1 is 1.19 bits per heavy atom. The van der Waals surface area contributed by atoms with E-state index in [0.29, 0.717) is 17.3 Å². The number of carbonyl (C=O) groups excluding carboxylic acids is 2. The predicted molar refractivity (Wildman–Crippen MR) is 78.4 cm³/mol. The Balaban J connectivity index is 1.49. The van der Waals surface area contributed by atoms with Gasteiger partial charge in [0.05, 0.1) is 11.9 Å². The van der Waals surface area contributed by atoms with E-state index in [2.05, 4.69) is 10.3 Å². The lowest BCUT2D eigenvalue weighted by atomic mass is 10.0. The number of amides is 2. The molecule has 2 fully saturated rings. The van der Waals surface area contributed by atoms with E-state index in [1.165, 1.54) is 6.20 Å². The maximum absolute atomic E-state index is 12.1. The first-order valence-electron chi connectivity index (χ1n) is 7.44. The zero-order valence-corrected chi connectivity index (χ0v) is 11.9. The monoisotopic (exact) mass is 288 g/mol. The van der Waals surface area contributed by atoms with Crippen LogP contribution in [0.5, 0.6) is 0 Å². The van der Waals surface area contributed by atoms with Crippen LogP contribution in [0.3, 0.4) is 0 Å². The summed E-state index contributed by atoms with van der Waals surface area (Å²) in [6, 6.07) is 3.40. The molecule has 6 heteroatoms. The van der Waals surface area contributed by atoms with Crippen LogP contribution in [0.1, 0.15) is 36.2 Å². The van der Waals surface area contributed by atoms with E-state index in [-0.39, 0.29) is 17.9 Å². The van der Waals surface area contributed by atoms with Gasteiger partial charge in [0.25, 0.3) is 5.91 Å². The molecule has 21 heavy (non-hydrogen) atoms. The van der Waals surface area contributed by atoms with Crippen molar-refractivity contribution in [3.05, 3.63) is 24.0 Å². The molecule has 3 N–H and O–H groups in total. The van der Waals surface area contributed by atoms with E-state index < -0.39 is 0 Å². The molecule has 0 radical (unpaired) electrons. The van der Waals surface area contributed by atoms with Gasteiger partial charge in [-0.05, 0) is 37.8 Å². The number of rotatable bonds is 3. The van der Waals surface area contributed by atoms with Crippen molar-refractivity contribution in [2.24, 2.45) is 5.92 Å². The second-order valence-electron chi connectivity index (χ2n) is 5.82. The summed E-state index contributed by atoms with van der Waals surface area (Å²) < 4.78 is 0. The molecule has 6 nitrogen and oxygen atoms in total. The van der Waals surface area contributed by atoms with Crippen molar-refractivity contribution in [1.29, 1.82) is 0 Å². The minimum atomic E-state index is -0.179. The van der Waals surface area contributed by atoms with Gasteiger partial charge in [-0.2, -0.15) is 0 Å². The molecule has 2 heterocycles. The Morgan fingerprint density at radius 3 is 2.48 bits per heavy atom. The molecule has 0 bridgehead atoms. The number of carbonyl (C=O) groups is 2. The molecular weight excluding hydrogens is 268 g/mol. The van der Waals surface area contributed by atoms with Gasteiger partial charge in [0.15, 0.2) is 0 Å². The molecule has 1 aromatic heterocycles. The van der Waals surface area contributed by atoms with E-state index in [1.54, 1.807) is 12.1 Å². The molecule has 0 unspecified atom stereocenters. The van der Waals surface area contributed by atoms with Gasteiger partial charge in [0, 0.05) is 25.0 Å². The quantitative estimate of drug-likeness (QED) is 0.861. The summed E-state index contributed by atoms with van der Waals surface area (Å²) in [7, 11) is 0. The van der Waals surface area contributed by atoms with Gasteiger partial charge in [-0.25, -0.2) is 4.98 Å². The number of likely N-dealkylation sites (tertiary alicyclic amines) is 1. The van der Waals surface area contributed by atoms with Crippen LogP contribution >= 0.6 is 0 Å². The van der Waals surface area contributed by atoms with Crippen molar-refractivity contribution in [3.63, 3.8) is 0 Å². The van der Waals surface area contributed by atoms with Crippen LogP contribution in [0.25, 0.3) is 0 Å². The highest BCUT2D eigenvalue weighted by atomic mass is 16.2. The third-order valence-electron chi connectivity index (χ3n) is 4.09. The lowest BCUT2D eigenvalue weighted by molar-refractivity contribution is -0.133. The zero-order chi connectivity index (χ0) is 14.8. The van der Waals surface area contributed by atoms with Gasteiger partial charge in [-0.3, -0.25) is 9.59 Å². The topological polar surface area (TPSA) is 88.3 Å². The number of anilines is 1. The predicted octanol–water partition coefficient (Wildman–Crippen LogP) is 0.795. The molecule has 1 aliphatic heterocycles. The highest BCUT2D eigenvalue weighted by molar-refractivity contribution is 5.92. The van der Waals surface area contributed by atoms with E-state index in [0.717, 1.165) is 38.8 Å². The van der Waals surface area contributed by atoms with E-state index >= 15 is 0 Å². The van der Waals surface area contributed by atoms with Crippen LogP contribution in [0, 0.1) is 5.92 Å². The minimum Gasteiger partial charge on any atom is -0.397 e. The van der Waals surface area contributed by atoms with Crippen molar-refractivity contribution in [1.82, 2.24) is 15.2 Å². The number of nitrogens with one attached hydrogen (secondary N) is 1. The summed E-state index contributed by atoms with van der Waals surface area (Å²) in [5, 5.41) is 2.98. The Labute approximate surface area is 123 Å². The van der Waals surface area contributed by atoms with E-state index in [4.69, 9.17) is 5.73 Å². The molecule has 0 spiro atoms. The van der Waals surface area contributed by atoms with Crippen molar-refractivity contribution < 1.29 is 9.59 Å². The molecule has 2 amide bonds. The number of nitrogens with zero attached hydrogens (tertiary/aromatic N) is 2. The first-order valence-corrected chi connectivity index (χ1v) is 7.44. The summed E-state index contributed by atoms with van der Waals surface area (Å²) >= 11 is 0. The third-order valence-corrected chi connectivity index (χ3v) is 4.09. The van der Waals surface area contributed by atoms with Crippen LogP contribution in [0.2, 0.25) is 0 Å². The fourth-order valence-corrected chi connectivity index (χ4v) is 2.63. The highest BCUT2D eigenvalue weighted by Crippen LogP contribution is 2.31. The van der Waals surface area contributed by atoms with Gasteiger partial charge >= 0.3 is 0 Å². The molecule has 1 aromatic rings. The van der Waals surface area contributed by atoms with E-state index in [1.807, 2.05) is 4.90 Å². The summed E-state index contributed by atoms with van der Waals surface area (Å²) in [6.45, 7) is 1.46. The lowest BCUT2D eigenvalue weighted by Gasteiger charge is -2.32. The Hall–Kier alpha value is -2.11. The number of hydrogen-bond donors (Lipinski definition) is 2. The summed E-state index contributed by atoms with van der Waals surface area (Å²) in [5.74, 6) is 0.386. The maximum atomic E-state index is 12.1. The standard InChI is InChI=1S/C15H20N4O2/c16-11-3-4-13(17-9-11)14(20)18-12-5-7-19(8-6-12)15(21)10-1-2-10/h3-4,9-10,12H,1-2,5-8,16H2,(H,18,20). The molecular formula is C15H20N4O2. The summed E-state index contributed by atoms with van der Waals surface area (Å²) in [5.41, 5.74) is 6.47. The van der Waals surface area contributed by atoms with Crippen molar-refractivity contribution in [3.8, 4) is 0 Å². The highest BCUT2D eigenvalue weighted by Gasteiger charge is 2.35. The number of nitrogen functional groups attached to an aromatic ring is 1. The first-order chi connectivity index (χ1) is 10.1. The van der Waals surface area contributed by atoms with Crippen molar-refractivity contribution >= 4 is 17.5 Å². The van der Waals surface area contributed by atoms with Gasteiger partial charge < -0.3 is 16.0 Å². The zero-order valence-electron chi connectivity index (χ0n) is 11.9. The first kappa shape index (κ1) is 13.9. The smallest absolute Gasteiger partial charge is 0.270 e. The Kier molecular flexibility index (Phi) is 3.77. The fourth-order valence-electron chi connectivity index (χ4n) is 2.63. The normalized spacial score (nSPS) is 19.3. The van der Waals surface area contributed by atoms with Gasteiger partial charge in [-0.15, -0.1) is 0 Å². The molecule has 1 aliphatic carbocycles. The minimum absolute atomic E-state index is 0.111. The maximum Gasteiger partial charge on any atom is 0.270 e. The summed E-state index contributed by atoms with van der Waals surface area (Å²) in [6.07, 6.45) is 5.17. The second-order valence-corrected chi connectivity index (χ2v) is 5.82. The number of piperidine rings is 1. The number of aromatic nitrogens is 1. The average molecular weight is 288 g/mol. The van der Waals surface area contributed by atoms with E-state index in [9.17, 15) is 9.59 Å². The third kappa shape index (κ3) is 3.32. The summed E-state index contributed by atoms with van der Waals surface area (Å²) in [4.78, 5) is 30.0. The van der Waals surface area contributed by atoms with Crippen LogP contribution in [0.15, 0.2) is 18.3 Å². The van der Waals surface area contributed by atoms with Crippen LogP contribution in [0.4, 0.5) is 5.69 Å². The number of hydrogen-bond acceptors (Lipinski definition) is 4. The fraction of sp³-hybridized carbons (Fsp3) is 0.533. The van der Waals surface area contributed by atoms with Gasteiger partial charge in [-0.1, -0.05) is 0 Å². The second kappa shape index (κ2) is 5.71. The Bertz CT molecular complexity index is 531. The number of nitrogens with two attached hydrogens (primary N) is 1. The van der Waals surface area contributed by atoms with Crippen molar-refractivity contribution in [2.45, 2.75) is 31.7 Å². The van der Waals surface area contributed by atoms with Crippen LogP contribution < -0.4 is 11.1 Å². The molecule has 1 saturated carbocycles. The average Bonchev–Trinajstić information content (AvgIpc) is 3.32. The molecule has 1 saturated heterocycles.